The van der Waals surface area contributed by atoms with Gasteiger partial charge in [-0.3, -0.25) is 9.69 Å². The van der Waals surface area contributed by atoms with E-state index in [2.05, 4.69) is 21.3 Å². The summed E-state index contributed by atoms with van der Waals surface area (Å²) < 4.78 is 34.8. The van der Waals surface area contributed by atoms with Crippen LogP contribution >= 0.6 is 0 Å². The Balaban J connectivity index is 1.44. The molecular formula is C17H19F2NO3. The summed E-state index contributed by atoms with van der Waals surface area (Å²) in [6, 6.07) is 4.98. The van der Waals surface area contributed by atoms with Crippen LogP contribution in [0, 0.1) is 11.8 Å². The monoisotopic (exact) mass is 323 g/mol. The highest BCUT2D eigenvalue weighted by molar-refractivity contribution is 5.97. The summed E-state index contributed by atoms with van der Waals surface area (Å²) in [5, 5.41) is 0. The minimum absolute atomic E-state index is 0.0267. The van der Waals surface area contributed by atoms with E-state index in [1.165, 1.54) is 31.0 Å². The van der Waals surface area contributed by atoms with Gasteiger partial charge in [0.15, 0.2) is 17.3 Å². The van der Waals surface area contributed by atoms with Crippen LogP contribution in [0.3, 0.4) is 0 Å². The lowest BCUT2D eigenvalue weighted by Gasteiger charge is -2.14. The van der Waals surface area contributed by atoms with E-state index in [4.69, 9.17) is 0 Å². The fourth-order valence-corrected chi connectivity index (χ4v) is 3.56. The van der Waals surface area contributed by atoms with Crippen molar-refractivity contribution in [1.82, 2.24) is 4.90 Å². The summed E-state index contributed by atoms with van der Waals surface area (Å²) >= 11 is 0. The molecule has 1 aromatic rings. The zero-order valence-corrected chi connectivity index (χ0v) is 12.9. The fourth-order valence-electron chi connectivity index (χ4n) is 3.56. The molecule has 0 unspecified atom stereocenters. The van der Waals surface area contributed by atoms with E-state index in [-0.39, 0.29) is 17.3 Å². The smallest absolute Gasteiger partial charge is 0.395 e. The molecule has 0 bridgehead atoms. The van der Waals surface area contributed by atoms with Crippen LogP contribution < -0.4 is 9.47 Å². The predicted molar refractivity (Wildman–Crippen MR) is 78.8 cm³/mol. The van der Waals surface area contributed by atoms with E-state index in [1.807, 2.05) is 0 Å². The minimum atomic E-state index is -3.64. The van der Waals surface area contributed by atoms with Crippen LogP contribution in [0.2, 0.25) is 0 Å². The predicted octanol–water partition coefficient (Wildman–Crippen LogP) is 3.31. The van der Waals surface area contributed by atoms with Crippen molar-refractivity contribution in [3.05, 3.63) is 23.8 Å². The summed E-state index contributed by atoms with van der Waals surface area (Å²) in [5.41, 5.74) is 0.405. The number of benzene rings is 1. The fraction of sp³-hybridized carbons (Fsp3) is 0.588. The number of ketones is 1. The molecule has 2 aliphatic heterocycles. The molecule has 1 saturated carbocycles. The van der Waals surface area contributed by atoms with Crippen molar-refractivity contribution in [3.63, 3.8) is 0 Å². The molecular weight excluding hydrogens is 304 g/mol. The van der Waals surface area contributed by atoms with Crippen molar-refractivity contribution in [2.75, 3.05) is 13.1 Å². The Kier molecular flexibility index (Phi) is 3.34. The number of rotatable bonds is 4. The first-order chi connectivity index (χ1) is 10.9. The Bertz CT molecular complexity index is 645. The normalized spacial score (nSPS) is 29.0. The second-order valence-corrected chi connectivity index (χ2v) is 6.88. The molecule has 2 atom stereocenters. The molecule has 0 N–H and O–H groups in total. The van der Waals surface area contributed by atoms with Crippen molar-refractivity contribution < 1.29 is 23.0 Å². The molecule has 2 heterocycles. The van der Waals surface area contributed by atoms with Gasteiger partial charge in [0.2, 0.25) is 0 Å². The number of nitrogens with zero attached hydrogens (tertiary/aromatic N) is 1. The molecule has 0 aromatic heterocycles. The van der Waals surface area contributed by atoms with Gasteiger partial charge in [0.25, 0.3) is 0 Å². The molecule has 0 amide bonds. The molecule has 0 radical (unpaired) electrons. The lowest BCUT2D eigenvalue weighted by molar-refractivity contribution is -0.286. The summed E-state index contributed by atoms with van der Waals surface area (Å²) in [7, 11) is 0. The summed E-state index contributed by atoms with van der Waals surface area (Å²) in [6.45, 7) is 4.19. The van der Waals surface area contributed by atoms with Crippen LogP contribution in [-0.2, 0) is 0 Å². The largest absolute Gasteiger partial charge is 0.586 e. The van der Waals surface area contributed by atoms with Crippen LogP contribution in [-0.4, -0.2) is 36.1 Å². The van der Waals surface area contributed by atoms with Gasteiger partial charge in [-0.1, -0.05) is 6.92 Å². The van der Waals surface area contributed by atoms with Gasteiger partial charge in [-0.25, -0.2) is 0 Å². The number of ether oxygens (including phenoxy) is 2. The second kappa shape index (κ2) is 5.16. The topological polar surface area (TPSA) is 38.8 Å². The number of halogens is 2. The van der Waals surface area contributed by atoms with Crippen LogP contribution in [0.1, 0.15) is 36.5 Å². The van der Waals surface area contributed by atoms with E-state index >= 15 is 0 Å². The maximum absolute atomic E-state index is 13.0. The quantitative estimate of drug-likeness (QED) is 0.797. The molecule has 4 nitrogen and oxygen atoms in total. The van der Waals surface area contributed by atoms with Crippen LogP contribution in [0.5, 0.6) is 11.5 Å². The van der Waals surface area contributed by atoms with E-state index in [9.17, 15) is 13.6 Å². The third kappa shape index (κ3) is 2.92. The maximum atomic E-state index is 13.0. The zero-order valence-electron chi connectivity index (χ0n) is 12.9. The number of Topliss-reactive ketones (excluding diaryl/α,β-unsaturated/α-hetero) is 1. The third-order valence-corrected chi connectivity index (χ3v) is 5.03. The Morgan fingerprint density at radius 2 is 2.00 bits per heavy atom. The highest BCUT2D eigenvalue weighted by Crippen LogP contribution is 2.42. The molecule has 1 aliphatic carbocycles. The zero-order chi connectivity index (χ0) is 16.2. The van der Waals surface area contributed by atoms with Gasteiger partial charge in [0, 0.05) is 31.1 Å². The molecule has 0 spiro atoms. The van der Waals surface area contributed by atoms with Gasteiger partial charge >= 0.3 is 6.29 Å². The van der Waals surface area contributed by atoms with Gasteiger partial charge < -0.3 is 9.47 Å². The average Bonchev–Trinajstić information content (AvgIpc) is 3.19. The first-order valence-corrected chi connectivity index (χ1v) is 8.08. The first kappa shape index (κ1) is 14.9. The van der Waals surface area contributed by atoms with Gasteiger partial charge in [-0.05, 0) is 42.9 Å². The number of hydrogen-bond acceptors (Lipinski definition) is 4. The van der Waals surface area contributed by atoms with Gasteiger partial charge in [0.1, 0.15) is 0 Å². The molecule has 124 valence electrons. The van der Waals surface area contributed by atoms with Crippen molar-refractivity contribution >= 4 is 5.78 Å². The summed E-state index contributed by atoms with van der Waals surface area (Å²) in [4.78, 5) is 15.0. The second-order valence-electron chi connectivity index (χ2n) is 6.88. The third-order valence-electron chi connectivity index (χ3n) is 5.03. The lowest BCUT2D eigenvalue weighted by atomic mass is 9.90. The van der Waals surface area contributed by atoms with Crippen molar-refractivity contribution in [1.29, 1.82) is 0 Å². The van der Waals surface area contributed by atoms with Crippen molar-refractivity contribution in [2.24, 2.45) is 11.8 Å². The van der Waals surface area contributed by atoms with Crippen LogP contribution in [0.15, 0.2) is 18.2 Å². The average molecular weight is 323 g/mol. The van der Waals surface area contributed by atoms with Gasteiger partial charge in [-0.15, -0.1) is 8.78 Å². The molecule has 2 fully saturated rings. The van der Waals surface area contributed by atoms with Crippen LogP contribution in [0.25, 0.3) is 0 Å². The Labute approximate surface area is 133 Å². The standard InChI is InChI=1S/C17H19F2NO3/c1-10-8-20(13-3-4-13)9-12(10)6-14(21)11-2-5-15-16(7-11)23-17(18,19)22-15/h2,5,7,10,12-13H,3-4,6,8-9H2,1H3/t10-,12-/m0/s1. The molecule has 23 heavy (non-hydrogen) atoms. The Hall–Kier alpha value is -1.69. The SMILES string of the molecule is C[C@H]1CN(C2CC2)C[C@@H]1CC(=O)c1ccc2c(c1)OC(F)(F)O2. The molecule has 1 aromatic carbocycles. The number of carbonyl (C=O) groups excluding carboxylic acids is 1. The van der Waals surface area contributed by atoms with E-state index < -0.39 is 6.29 Å². The van der Waals surface area contributed by atoms with Crippen molar-refractivity contribution in [2.45, 2.75) is 38.5 Å². The maximum Gasteiger partial charge on any atom is 0.586 e. The summed E-state index contributed by atoms with van der Waals surface area (Å²) in [5.74, 6) is 0.689. The number of alkyl halides is 2. The van der Waals surface area contributed by atoms with E-state index in [0.717, 1.165) is 13.1 Å². The molecule has 3 aliphatic rings. The molecule has 1 saturated heterocycles. The summed E-state index contributed by atoms with van der Waals surface area (Å²) in [6.07, 6.45) is -0.664. The lowest BCUT2D eigenvalue weighted by Crippen LogP contribution is -2.25. The van der Waals surface area contributed by atoms with Gasteiger partial charge in [0.05, 0.1) is 0 Å². The van der Waals surface area contributed by atoms with Gasteiger partial charge in [-0.2, -0.15) is 0 Å². The first-order valence-electron chi connectivity index (χ1n) is 8.08. The Morgan fingerprint density at radius 3 is 2.74 bits per heavy atom. The van der Waals surface area contributed by atoms with E-state index in [1.54, 1.807) is 0 Å². The van der Waals surface area contributed by atoms with Crippen LogP contribution in [0.4, 0.5) is 8.78 Å². The Morgan fingerprint density at radius 1 is 1.26 bits per heavy atom. The molecule has 4 rings (SSSR count). The highest BCUT2D eigenvalue weighted by atomic mass is 19.3. The van der Waals surface area contributed by atoms with Crippen molar-refractivity contribution in [3.8, 4) is 11.5 Å². The number of hydrogen-bond donors (Lipinski definition) is 0. The number of fused-ring (bicyclic) bond motifs is 1. The number of carbonyl (C=O) groups is 1. The highest BCUT2D eigenvalue weighted by Gasteiger charge is 2.44. The van der Waals surface area contributed by atoms with E-state index in [0.29, 0.717) is 29.9 Å². The number of likely N-dealkylation sites (tertiary alicyclic amines) is 1. The minimum Gasteiger partial charge on any atom is -0.395 e. The molecule has 6 heteroatoms.